The van der Waals surface area contributed by atoms with Gasteiger partial charge in [0.15, 0.2) is 6.29 Å². The van der Waals surface area contributed by atoms with Crippen LogP contribution >= 0.6 is 0 Å². The van der Waals surface area contributed by atoms with Gasteiger partial charge in [-0.3, -0.25) is 4.79 Å². The van der Waals surface area contributed by atoms with Crippen molar-refractivity contribution in [3.05, 3.63) is 35.4 Å². The van der Waals surface area contributed by atoms with Crippen LogP contribution in [-0.4, -0.2) is 12.0 Å². The lowest BCUT2D eigenvalue weighted by molar-refractivity contribution is 0.112. The fourth-order valence-corrected chi connectivity index (χ4v) is 1.16. The summed E-state index contributed by atoms with van der Waals surface area (Å²) < 4.78 is 0. The molecule has 0 amide bonds. The number of nitrogens with one attached hydrogen (secondary N) is 1. The van der Waals surface area contributed by atoms with E-state index >= 15 is 0 Å². The maximum absolute atomic E-state index is 10.7. The van der Waals surface area contributed by atoms with Crippen LogP contribution in [0, 0.1) is 11.3 Å². The van der Waals surface area contributed by atoms with Crippen LogP contribution in [0.5, 0.6) is 0 Å². The van der Waals surface area contributed by atoms with Crippen LogP contribution < -0.4 is 0 Å². The average Bonchev–Trinajstić information content (AvgIpc) is 2.16. The van der Waals surface area contributed by atoms with Gasteiger partial charge in [0.1, 0.15) is 0 Å². The van der Waals surface area contributed by atoms with Crippen LogP contribution in [0.15, 0.2) is 24.3 Å². The zero-order chi connectivity index (χ0) is 9.84. The molecule has 0 aliphatic heterocycles. The Kier molecular flexibility index (Phi) is 2.96. The Morgan fingerprint density at radius 1 is 1.38 bits per heavy atom. The Bertz CT molecular complexity index is 329. The van der Waals surface area contributed by atoms with Crippen molar-refractivity contribution < 1.29 is 4.79 Å². The molecular weight excluding hydrogens is 162 g/mol. The predicted molar refractivity (Wildman–Crippen MR) is 53.5 cm³/mol. The van der Waals surface area contributed by atoms with Crippen LogP contribution in [-0.2, 0) is 0 Å². The van der Waals surface area contributed by atoms with Gasteiger partial charge in [-0.25, -0.2) is 0 Å². The van der Waals surface area contributed by atoms with Crippen LogP contribution in [0.1, 0.15) is 29.8 Å². The molecule has 1 aromatic rings. The first-order chi connectivity index (χ1) is 6.16. The fraction of sp³-hybridized carbons (Fsp3) is 0.273. The molecule has 0 unspecified atom stereocenters. The van der Waals surface area contributed by atoms with E-state index in [2.05, 4.69) is 0 Å². The molecule has 0 aromatic heterocycles. The van der Waals surface area contributed by atoms with E-state index in [0.717, 1.165) is 11.8 Å². The van der Waals surface area contributed by atoms with Crippen molar-refractivity contribution in [1.82, 2.24) is 0 Å². The third-order valence-corrected chi connectivity index (χ3v) is 1.96. The summed E-state index contributed by atoms with van der Waals surface area (Å²) in [5.41, 5.74) is 1.86. The Hall–Kier alpha value is -1.44. The van der Waals surface area contributed by atoms with Crippen molar-refractivity contribution >= 4 is 12.0 Å². The maximum Gasteiger partial charge on any atom is 0.150 e. The summed E-state index contributed by atoms with van der Waals surface area (Å²) in [6, 6.07) is 7.20. The highest BCUT2D eigenvalue weighted by Crippen LogP contribution is 2.11. The van der Waals surface area contributed by atoms with Gasteiger partial charge in [-0.1, -0.05) is 38.1 Å². The predicted octanol–water partition coefficient (Wildman–Crippen LogP) is 2.52. The van der Waals surface area contributed by atoms with E-state index in [1.807, 2.05) is 26.0 Å². The number of carbonyl (C=O) groups excluding carboxylic acids is 1. The van der Waals surface area contributed by atoms with Crippen molar-refractivity contribution in [2.45, 2.75) is 13.8 Å². The van der Waals surface area contributed by atoms with Crippen molar-refractivity contribution in [3.8, 4) is 0 Å². The molecule has 0 spiro atoms. The molecule has 0 radical (unpaired) electrons. The first-order valence-electron chi connectivity index (χ1n) is 4.30. The molecule has 2 nitrogen and oxygen atoms in total. The molecule has 0 heterocycles. The van der Waals surface area contributed by atoms with Crippen molar-refractivity contribution in [2.24, 2.45) is 5.92 Å². The van der Waals surface area contributed by atoms with Gasteiger partial charge in [0, 0.05) is 16.8 Å². The minimum atomic E-state index is 0.154. The molecule has 0 aliphatic carbocycles. The zero-order valence-corrected chi connectivity index (χ0v) is 7.87. The van der Waals surface area contributed by atoms with Crippen LogP contribution in [0.4, 0.5) is 0 Å². The van der Waals surface area contributed by atoms with Crippen molar-refractivity contribution in [1.29, 1.82) is 5.41 Å². The summed E-state index contributed by atoms with van der Waals surface area (Å²) in [5.74, 6) is 0.154. The topological polar surface area (TPSA) is 40.9 Å². The van der Waals surface area contributed by atoms with E-state index < -0.39 is 0 Å². The van der Waals surface area contributed by atoms with Gasteiger partial charge >= 0.3 is 0 Å². The Balaban J connectivity index is 3.13. The fourth-order valence-electron chi connectivity index (χ4n) is 1.16. The second-order valence-corrected chi connectivity index (χ2v) is 3.27. The second-order valence-electron chi connectivity index (χ2n) is 3.27. The molecule has 1 rings (SSSR count). The van der Waals surface area contributed by atoms with Gasteiger partial charge in [0.25, 0.3) is 0 Å². The van der Waals surface area contributed by atoms with E-state index in [9.17, 15) is 4.79 Å². The number of hydrogen-bond acceptors (Lipinski definition) is 2. The smallest absolute Gasteiger partial charge is 0.150 e. The van der Waals surface area contributed by atoms with Crippen LogP contribution in [0.25, 0.3) is 0 Å². The Morgan fingerprint density at radius 2 is 2.00 bits per heavy atom. The molecule has 0 saturated heterocycles. The minimum absolute atomic E-state index is 0.154. The number of carbonyl (C=O) groups is 1. The Morgan fingerprint density at radius 3 is 2.54 bits per heavy atom. The van der Waals surface area contributed by atoms with Gasteiger partial charge in [0.2, 0.25) is 0 Å². The third kappa shape index (κ3) is 2.02. The lowest BCUT2D eigenvalue weighted by Gasteiger charge is -2.09. The SMILES string of the molecule is CC(C)C(=N)c1ccccc1C=O. The summed E-state index contributed by atoms with van der Waals surface area (Å²) in [6.07, 6.45) is 0.798. The summed E-state index contributed by atoms with van der Waals surface area (Å²) in [7, 11) is 0. The van der Waals surface area contributed by atoms with E-state index in [4.69, 9.17) is 5.41 Å². The molecule has 68 valence electrons. The standard InChI is InChI=1S/C11H13NO/c1-8(2)11(12)10-6-4-3-5-9(10)7-13/h3-8,12H,1-2H3. The molecule has 13 heavy (non-hydrogen) atoms. The largest absolute Gasteiger partial charge is 0.304 e. The van der Waals surface area contributed by atoms with Gasteiger partial charge < -0.3 is 5.41 Å². The lowest BCUT2D eigenvalue weighted by Crippen LogP contribution is -2.09. The van der Waals surface area contributed by atoms with Gasteiger partial charge in [-0.2, -0.15) is 0 Å². The molecular formula is C11H13NO. The summed E-state index contributed by atoms with van der Waals surface area (Å²) in [4.78, 5) is 10.7. The van der Waals surface area contributed by atoms with Gasteiger partial charge in [-0.15, -0.1) is 0 Å². The zero-order valence-electron chi connectivity index (χ0n) is 7.87. The average molecular weight is 175 g/mol. The molecule has 0 saturated carbocycles. The quantitative estimate of drug-likeness (QED) is 0.556. The Labute approximate surface area is 78.1 Å². The summed E-state index contributed by atoms with van der Waals surface area (Å²) in [5, 5.41) is 7.77. The third-order valence-electron chi connectivity index (χ3n) is 1.96. The van der Waals surface area contributed by atoms with E-state index in [1.54, 1.807) is 12.1 Å². The number of rotatable bonds is 3. The molecule has 1 N–H and O–H groups in total. The molecule has 0 aliphatic rings. The first kappa shape index (κ1) is 9.65. The minimum Gasteiger partial charge on any atom is -0.304 e. The van der Waals surface area contributed by atoms with Crippen LogP contribution in [0.2, 0.25) is 0 Å². The molecule has 1 aromatic carbocycles. The number of benzene rings is 1. The monoisotopic (exact) mass is 175 g/mol. The molecule has 0 atom stereocenters. The number of hydrogen-bond donors (Lipinski definition) is 1. The highest BCUT2D eigenvalue weighted by atomic mass is 16.1. The molecule has 2 heteroatoms. The van der Waals surface area contributed by atoms with Gasteiger partial charge in [-0.05, 0) is 5.92 Å². The van der Waals surface area contributed by atoms with Crippen molar-refractivity contribution in [3.63, 3.8) is 0 Å². The highest BCUT2D eigenvalue weighted by molar-refractivity contribution is 6.05. The second kappa shape index (κ2) is 3.99. The lowest BCUT2D eigenvalue weighted by atomic mass is 9.96. The molecule has 0 fully saturated rings. The normalized spacial score (nSPS) is 10.1. The summed E-state index contributed by atoms with van der Waals surface area (Å²) >= 11 is 0. The molecule has 0 bridgehead atoms. The number of aldehydes is 1. The van der Waals surface area contributed by atoms with E-state index in [-0.39, 0.29) is 5.92 Å². The van der Waals surface area contributed by atoms with Gasteiger partial charge in [0.05, 0.1) is 0 Å². The maximum atomic E-state index is 10.7. The highest BCUT2D eigenvalue weighted by Gasteiger charge is 2.09. The first-order valence-corrected chi connectivity index (χ1v) is 4.30. The van der Waals surface area contributed by atoms with E-state index in [1.165, 1.54) is 0 Å². The van der Waals surface area contributed by atoms with Crippen molar-refractivity contribution in [2.75, 3.05) is 0 Å². The summed E-state index contributed by atoms with van der Waals surface area (Å²) in [6.45, 7) is 3.90. The van der Waals surface area contributed by atoms with E-state index in [0.29, 0.717) is 11.3 Å². The van der Waals surface area contributed by atoms with Crippen LogP contribution in [0.3, 0.4) is 0 Å².